The summed E-state index contributed by atoms with van der Waals surface area (Å²) in [6.07, 6.45) is -2.61. The molecule has 3 rings (SSSR count). The van der Waals surface area contributed by atoms with Crippen LogP contribution < -0.4 is 5.43 Å². The van der Waals surface area contributed by atoms with Crippen molar-refractivity contribution < 1.29 is 22.7 Å². The number of aromatic hydroxyl groups is 1. The third-order valence-corrected chi connectivity index (χ3v) is 3.44. The van der Waals surface area contributed by atoms with Crippen LogP contribution in [0.15, 0.2) is 46.0 Å². The van der Waals surface area contributed by atoms with Crippen LogP contribution in [0.2, 0.25) is 5.02 Å². The lowest BCUT2D eigenvalue weighted by Gasteiger charge is -2.08. The summed E-state index contributed by atoms with van der Waals surface area (Å²) in [7, 11) is 0. The zero-order chi connectivity index (χ0) is 17.3. The Kier molecular flexibility index (Phi) is 4.06. The fourth-order valence-corrected chi connectivity index (χ4v) is 2.23. The predicted molar refractivity (Wildman–Crippen MR) is 83.3 cm³/mol. The molecule has 124 valence electrons. The maximum atomic E-state index is 12.5. The van der Waals surface area contributed by atoms with Crippen molar-refractivity contribution in [1.82, 2.24) is 4.98 Å². The van der Waals surface area contributed by atoms with Gasteiger partial charge in [-0.1, -0.05) is 29.8 Å². The quantitative estimate of drug-likeness (QED) is 0.530. The minimum atomic E-state index is -4.52. The SMILES string of the molecule is Oc1oc(C=NNc2ncc(C(F)(F)F)cc2Cl)c2ccccc12. The molecule has 0 amide bonds. The van der Waals surface area contributed by atoms with E-state index in [0.29, 0.717) is 17.0 Å². The summed E-state index contributed by atoms with van der Waals surface area (Å²) < 4.78 is 42.8. The van der Waals surface area contributed by atoms with E-state index in [1.807, 2.05) is 0 Å². The zero-order valence-electron chi connectivity index (χ0n) is 11.8. The first-order valence-corrected chi connectivity index (χ1v) is 6.96. The average Bonchev–Trinajstić information content (AvgIpc) is 2.85. The van der Waals surface area contributed by atoms with Gasteiger partial charge >= 0.3 is 6.18 Å². The summed E-state index contributed by atoms with van der Waals surface area (Å²) >= 11 is 5.75. The largest absolute Gasteiger partial charge is 0.480 e. The molecule has 24 heavy (non-hydrogen) atoms. The van der Waals surface area contributed by atoms with Crippen molar-refractivity contribution in [2.75, 3.05) is 5.43 Å². The molecule has 0 saturated heterocycles. The molecule has 0 radical (unpaired) electrons. The van der Waals surface area contributed by atoms with Crippen LogP contribution in [-0.4, -0.2) is 16.3 Å². The number of fused-ring (bicyclic) bond motifs is 1. The van der Waals surface area contributed by atoms with Gasteiger partial charge in [0.1, 0.15) is 0 Å². The number of hydrazone groups is 1. The Labute approximate surface area is 138 Å². The van der Waals surface area contributed by atoms with Gasteiger partial charge in [0.15, 0.2) is 11.6 Å². The number of pyridine rings is 1. The molecule has 9 heteroatoms. The summed E-state index contributed by atoms with van der Waals surface area (Å²) in [4.78, 5) is 3.59. The number of nitrogens with one attached hydrogen (secondary N) is 1. The third kappa shape index (κ3) is 3.13. The Hall–Kier alpha value is -2.74. The summed E-state index contributed by atoms with van der Waals surface area (Å²) in [5.41, 5.74) is 1.48. The highest BCUT2D eigenvalue weighted by atomic mass is 35.5. The molecule has 1 aromatic carbocycles. The molecular weight excluding hydrogens is 347 g/mol. The number of rotatable bonds is 3. The summed E-state index contributed by atoms with van der Waals surface area (Å²) in [6, 6.07) is 7.65. The lowest BCUT2D eigenvalue weighted by molar-refractivity contribution is -0.137. The van der Waals surface area contributed by atoms with Crippen LogP contribution in [0, 0.1) is 0 Å². The first-order valence-electron chi connectivity index (χ1n) is 6.58. The maximum Gasteiger partial charge on any atom is 0.417 e. The monoisotopic (exact) mass is 355 g/mol. The number of aromatic nitrogens is 1. The molecular formula is C15H9ClF3N3O2. The molecule has 0 atom stereocenters. The van der Waals surface area contributed by atoms with Gasteiger partial charge in [-0.3, -0.25) is 5.43 Å². The van der Waals surface area contributed by atoms with E-state index in [9.17, 15) is 18.3 Å². The molecule has 0 fully saturated rings. The highest BCUT2D eigenvalue weighted by Crippen LogP contribution is 2.32. The number of nitrogens with zero attached hydrogens (tertiary/aromatic N) is 2. The second-order valence-corrected chi connectivity index (χ2v) is 5.15. The number of halogens is 4. The second kappa shape index (κ2) is 6.04. The molecule has 0 bridgehead atoms. The lowest BCUT2D eigenvalue weighted by atomic mass is 10.2. The molecule has 0 aliphatic heterocycles. The topological polar surface area (TPSA) is 70.7 Å². The van der Waals surface area contributed by atoms with Gasteiger partial charge in [-0.25, -0.2) is 4.98 Å². The van der Waals surface area contributed by atoms with Crippen LogP contribution in [0.4, 0.5) is 19.0 Å². The summed E-state index contributed by atoms with van der Waals surface area (Å²) in [5, 5.41) is 14.4. The Morgan fingerprint density at radius 3 is 2.62 bits per heavy atom. The van der Waals surface area contributed by atoms with Crippen LogP contribution in [0.5, 0.6) is 5.95 Å². The Balaban J connectivity index is 1.81. The highest BCUT2D eigenvalue weighted by Gasteiger charge is 2.31. The summed E-state index contributed by atoms with van der Waals surface area (Å²) in [5.74, 6) is -0.0163. The minimum absolute atomic E-state index is 0.0407. The average molecular weight is 356 g/mol. The van der Waals surface area contributed by atoms with Crippen LogP contribution in [0.25, 0.3) is 10.8 Å². The van der Waals surface area contributed by atoms with Crippen molar-refractivity contribution in [2.45, 2.75) is 6.18 Å². The first-order chi connectivity index (χ1) is 11.4. The number of benzene rings is 1. The molecule has 0 aliphatic rings. The van der Waals surface area contributed by atoms with Gasteiger partial charge in [0.2, 0.25) is 0 Å². The normalized spacial score (nSPS) is 12.2. The Bertz CT molecular complexity index is 922. The van der Waals surface area contributed by atoms with E-state index in [2.05, 4.69) is 15.5 Å². The molecule has 5 nitrogen and oxygen atoms in total. The molecule has 3 aromatic rings. The number of anilines is 1. The van der Waals surface area contributed by atoms with E-state index in [1.54, 1.807) is 24.3 Å². The van der Waals surface area contributed by atoms with Crippen LogP contribution in [0.1, 0.15) is 11.3 Å². The van der Waals surface area contributed by atoms with E-state index in [0.717, 1.165) is 6.07 Å². The lowest BCUT2D eigenvalue weighted by Crippen LogP contribution is -2.06. The van der Waals surface area contributed by atoms with E-state index >= 15 is 0 Å². The molecule has 0 unspecified atom stereocenters. The van der Waals surface area contributed by atoms with E-state index in [1.165, 1.54) is 6.21 Å². The van der Waals surface area contributed by atoms with Crippen LogP contribution >= 0.6 is 11.6 Å². The van der Waals surface area contributed by atoms with Crippen LogP contribution in [0.3, 0.4) is 0 Å². The smallest absolute Gasteiger partial charge is 0.417 e. The van der Waals surface area contributed by atoms with Gasteiger partial charge in [-0.2, -0.15) is 18.3 Å². The van der Waals surface area contributed by atoms with Crippen molar-refractivity contribution in [3.8, 4) is 5.95 Å². The first kappa shape index (κ1) is 16.1. The summed E-state index contributed by atoms with van der Waals surface area (Å²) in [6.45, 7) is 0. The molecule has 0 saturated carbocycles. The third-order valence-electron chi connectivity index (χ3n) is 3.15. The van der Waals surface area contributed by atoms with Gasteiger partial charge in [-0.05, 0) is 12.1 Å². The number of hydrogen-bond acceptors (Lipinski definition) is 5. The number of hydrogen-bond donors (Lipinski definition) is 2. The van der Waals surface area contributed by atoms with Crippen molar-refractivity contribution in [3.05, 3.63) is 52.9 Å². The maximum absolute atomic E-state index is 12.5. The van der Waals surface area contributed by atoms with Gasteiger partial charge in [0.05, 0.1) is 22.2 Å². The fraction of sp³-hybridized carbons (Fsp3) is 0.0667. The highest BCUT2D eigenvalue weighted by molar-refractivity contribution is 6.33. The zero-order valence-corrected chi connectivity index (χ0v) is 12.6. The van der Waals surface area contributed by atoms with Crippen molar-refractivity contribution in [2.24, 2.45) is 5.10 Å². The standard InChI is InChI=1S/C15H9ClF3N3O2/c16-11-5-8(15(17,18)19)6-20-13(11)22-21-7-12-9-3-1-2-4-10(9)14(23)24-12/h1-7,23H,(H,20,22). The Morgan fingerprint density at radius 1 is 1.25 bits per heavy atom. The molecule has 2 aromatic heterocycles. The molecule has 2 N–H and O–H groups in total. The minimum Gasteiger partial charge on any atom is -0.480 e. The van der Waals surface area contributed by atoms with Gasteiger partial charge in [0, 0.05) is 11.6 Å². The van der Waals surface area contributed by atoms with E-state index < -0.39 is 11.7 Å². The molecule has 0 aliphatic carbocycles. The van der Waals surface area contributed by atoms with Crippen LogP contribution in [-0.2, 0) is 6.18 Å². The number of furan rings is 1. The van der Waals surface area contributed by atoms with Gasteiger partial charge in [0.25, 0.3) is 5.95 Å². The van der Waals surface area contributed by atoms with Crippen molar-refractivity contribution in [1.29, 1.82) is 0 Å². The molecule has 0 spiro atoms. The second-order valence-electron chi connectivity index (χ2n) is 4.74. The molecule has 2 heterocycles. The van der Waals surface area contributed by atoms with Crippen molar-refractivity contribution >= 4 is 34.4 Å². The predicted octanol–water partition coefficient (Wildman–Crippen LogP) is 4.65. The van der Waals surface area contributed by atoms with E-state index in [4.69, 9.17) is 16.0 Å². The fourth-order valence-electron chi connectivity index (χ4n) is 2.02. The van der Waals surface area contributed by atoms with Crippen molar-refractivity contribution in [3.63, 3.8) is 0 Å². The Morgan fingerprint density at radius 2 is 1.96 bits per heavy atom. The van der Waals surface area contributed by atoms with Gasteiger partial charge < -0.3 is 9.52 Å². The van der Waals surface area contributed by atoms with Gasteiger partial charge in [-0.15, -0.1) is 0 Å². The van der Waals surface area contributed by atoms with E-state index in [-0.39, 0.29) is 22.5 Å². The number of alkyl halides is 3.